The number of hydrogen-bond acceptors (Lipinski definition) is 3. The van der Waals surface area contributed by atoms with Crippen LogP contribution in [0.2, 0.25) is 0 Å². The molecule has 2 atom stereocenters. The zero-order chi connectivity index (χ0) is 14.0. The Bertz CT molecular complexity index is 518. The van der Waals surface area contributed by atoms with Gasteiger partial charge in [-0.05, 0) is 13.0 Å². The lowest BCUT2D eigenvalue weighted by Gasteiger charge is -2.37. The molecule has 1 aromatic carbocycles. The largest absolute Gasteiger partial charge is 0.493 e. The molecule has 19 heavy (non-hydrogen) atoms. The summed E-state index contributed by atoms with van der Waals surface area (Å²) in [6.45, 7) is 1.84. The van der Waals surface area contributed by atoms with Crippen molar-refractivity contribution < 1.29 is 14.3 Å². The first-order valence-corrected chi connectivity index (χ1v) is 6.39. The van der Waals surface area contributed by atoms with Gasteiger partial charge in [-0.3, -0.25) is 9.59 Å². The van der Waals surface area contributed by atoms with Crippen molar-refractivity contribution in [2.24, 2.45) is 5.73 Å². The van der Waals surface area contributed by atoms with Crippen molar-refractivity contribution in [3.05, 3.63) is 29.8 Å². The summed E-state index contributed by atoms with van der Waals surface area (Å²) in [6.07, 6.45) is 0.286. The average molecular weight is 283 g/mol. The molecule has 0 aromatic heterocycles. The molecule has 6 heteroatoms. The first kappa shape index (κ1) is 13.7. The van der Waals surface area contributed by atoms with Gasteiger partial charge in [0.15, 0.2) is 5.54 Å². The molecule has 2 unspecified atom stereocenters. The molecule has 0 saturated heterocycles. The highest BCUT2D eigenvalue weighted by Gasteiger charge is 2.44. The standard InChI is InChI=1S/C13H15ClN2O3/c1-8(14)11(17)16-13(12(15)18)6-7-19-10-5-3-2-4-9(10)13/h2-5,8H,6-7H2,1H3,(H2,15,18)(H,16,17). The van der Waals surface area contributed by atoms with Crippen molar-refractivity contribution in [1.82, 2.24) is 5.32 Å². The molecule has 0 aliphatic carbocycles. The fraction of sp³-hybridized carbons (Fsp3) is 0.385. The van der Waals surface area contributed by atoms with Crippen molar-refractivity contribution >= 4 is 23.4 Å². The molecule has 1 aromatic rings. The summed E-state index contributed by atoms with van der Waals surface area (Å²) in [4.78, 5) is 23.7. The lowest BCUT2D eigenvalue weighted by molar-refractivity contribution is -0.133. The average Bonchev–Trinajstić information content (AvgIpc) is 2.38. The second-order valence-corrected chi connectivity index (χ2v) is 5.12. The van der Waals surface area contributed by atoms with Crippen LogP contribution in [0.15, 0.2) is 24.3 Å². The minimum absolute atomic E-state index is 0.286. The molecule has 0 spiro atoms. The molecule has 1 heterocycles. The molecule has 0 fully saturated rings. The second-order valence-electron chi connectivity index (χ2n) is 4.47. The van der Waals surface area contributed by atoms with Crippen LogP contribution in [0.5, 0.6) is 5.75 Å². The van der Waals surface area contributed by atoms with Crippen LogP contribution in [0.1, 0.15) is 18.9 Å². The number of rotatable bonds is 3. The van der Waals surface area contributed by atoms with Gasteiger partial charge in [0.05, 0.1) is 6.61 Å². The summed E-state index contributed by atoms with van der Waals surface area (Å²) in [7, 11) is 0. The van der Waals surface area contributed by atoms with E-state index >= 15 is 0 Å². The molecule has 0 saturated carbocycles. The first-order valence-electron chi connectivity index (χ1n) is 5.95. The molecule has 0 radical (unpaired) electrons. The van der Waals surface area contributed by atoms with Crippen molar-refractivity contribution in [2.45, 2.75) is 24.3 Å². The van der Waals surface area contributed by atoms with Crippen LogP contribution in [0.25, 0.3) is 0 Å². The summed E-state index contributed by atoms with van der Waals surface area (Å²) in [5, 5.41) is 1.92. The summed E-state index contributed by atoms with van der Waals surface area (Å²) in [5.41, 5.74) is 4.83. The van der Waals surface area contributed by atoms with E-state index < -0.39 is 22.7 Å². The van der Waals surface area contributed by atoms with Crippen LogP contribution in [0, 0.1) is 0 Å². The summed E-state index contributed by atoms with van der Waals surface area (Å²) < 4.78 is 5.48. The minimum Gasteiger partial charge on any atom is -0.493 e. The molecule has 102 valence electrons. The maximum Gasteiger partial charge on any atom is 0.248 e. The molecular formula is C13H15ClN2O3. The molecule has 1 aliphatic rings. The number of carbonyl (C=O) groups excluding carboxylic acids is 2. The number of primary amides is 1. The summed E-state index contributed by atoms with van der Waals surface area (Å²) in [6, 6.07) is 7.02. The maximum atomic E-state index is 11.9. The second kappa shape index (κ2) is 5.09. The van der Waals surface area contributed by atoms with Gasteiger partial charge < -0.3 is 15.8 Å². The molecule has 3 N–H and O–H groups in total. The Kier molecular flexibility index (Phi) is 3.66. The normalized spacial score (nSPS) is 22.8. The zero-order valence-corrected chi connectivity index (χ0v) is 11.2. The van der Waals surface area contributed by atoms with Crippen molar-refractivity contribution in [3.63, 3.8) is 0 Å². The van der Waals surface area contributed by atoms with E-state index in [0.29, 0.717) is 17.9 Å². The predicted molar refractivity (Wildman–Crippen MR) is 70.9 cm³/mol. The van der Waals surface area contributed by atoms with Crippen LogP contribution in [0.4, 0.5) is 0 Å². The van der Waals surface area contributed by atoms with Crippen LogP contribution in [0.3, 0.4) is 0 Å². The number of alkyl halides is 1. The van der Waals surface area contributed by atoms with Crippen LogP contribution in [-0.2, 0) is 15.1 Å². The molecule has 0 bridgehead atoms. The summed E-state index contributed by atoms with van der Waals surface area (Å²) >= 11 is 5.75. The van der Waals surface area contributed by atoms with Gasteiger partial charge in [-0.1, -0.05) is 18.2 Å². The Hall–Kier alpha value is -1.75. The van der Waals surface area contributed by atoms with Crippen LogP contribution >= 0.6 is 11.6 Å². The van der Waals surface area contributed by atoms with Gasteiger partial charge >= 0.3 is 0 Å². The number of hydrogen-bond donors (Lipinski definition) is 2. The number of amides is 2. The monoisotopic (exact) mass is 282 g/mol. The van der Waals surface area contributed by atoms with Gasteiger partial charge in [0, 0.05) is 12.0 Å². The number of nitrogens with two attached hydrogens (primary N) is 1. The Labute approximate surface area is 116 Å². The van der Waals surface area contributed by atoms with E-state index in [9.17, 15) is 9.59 Å². The fourth-order valence-corrected chi connectivity index (χ4v) is 2.21. The minimum atomic E-state index is -1.25. The van der Waals surface area contributed by atoms with E-state index in [1.54, 1.807) is 24.3 Å². The molecule has 1 aliphatic heterocycles. The van der Waals surface area contributed by atoms with E-state index in [1.807, 2.05) is 0 Å². The quantitative estimate of drug-likeness (QED) is 0.808. The number of halogens is 1. The fourth-order valence-electron chi connectivity index (χ4n) is 2.15. The SMILES string of the molecule is CC(Cl)C(=O)NC1(C(N)=O)CCOc2ccccc21. The van der Waals surface area contributed by atoms with E-state index in [4.69, 9.17) is 22.1 Å². The third-order valence-corrected chi connectivity index (χ3v) is 3.40. The maximum absolute atomic E-state index is 11.9. The third kappa shape index (κ3) is 2.38. The topological polar surface area (TPSA) is 81.4 Å². The Morgan fingerprint density at radius 2 is 2.16 bits per heavy atom. The molecule has 2 amide bonds. The van der Waals surface area contributed by atoms with Crippen molar-refractivity contribution in [3.8, 4) is 5.75 Å². The number of ether oxygens (including phenoxy) is 1. The highest BCUT2D eigenvalue weighted by molar-refractivity contribution is 6.30. The van der Waals surface area contributed by atoms with E-state index in [1.165, 1.54) is 6.92 Å². The van der Waals surface area contributed by atoms with E-state index in [0.717, 1.165) is 0 Å². The van der Waals surface area contributed by atoms with Crippen molar-refractivity contribution in [1.29, 1.82) is 0 Å². The Morgan fingerprint density at radius 3 is 2.79 bits per heavy atom. The smallest absolute Gasteiger partial charge is 0.248 e. The lowest BCUT2D eigenvalue weighted by Crippen LogP contribution is -2.58. The van der Waals surface area contributed by atoms with Crippen LogP contribution < -0.4 is 15.8 Å². The van der Waals surface area contributed by atoms with Gasteiger partial charge in [-0.15, -0.1) is 11.6 Å². The zero-order valence-electron chi connectivity index (χ0n) is 10.5. The van der Waals surface area contributed by atoms with Gasteiger partial charge in [0.2, 0.25) is 11.8 Å². The highest BCUT2D eigenvalue weighted by Crippen LogP contribution is 2.36. The van der Waals surface area contributed by atoms with E-state index in [2.05, 4.69) is 5.32 Å². The lowest BCUT2D eigenvalue weighted by atomic mass is 9.83. The van der Waals surface area contributed by atoms with Gasteiger partial charge in [0.25, 0.3) is 0 Å². The van der Waals surface area contributed by atoms with Gasteiger partial charge in [-0.2, -0.15) is 0 Å². The highest BCUT2D eigenvalue weighted by atomic mass is 35.5. The van der Waals surface area contributed by atoms with Gasteiger partial charge in [0.1, 0.15) is 11.1 Å². The number of carbonyl (C=O) groups is 2. The third-order valence-electron chi connectivity index (χ3n) is 3.20. The molecular weight excluding hydrogens is 268 g/mol. The Balaban J connectivity index is 2.47. The Morgan fingerprint density at radius 1 is 1.47 bits per heavy atom. The van der Waals surface area contributed by atoms with Crippen LogP contribution in [-0.4, -0.2) is 23.8 Å². The van der Waals surface area contributed by atoms with Gasteiger partial charge in [-0.25, -0.2) is 0 Å². The number of fused-ring (bicyclic) bond motifs is 1. The first-order chi connectivity index (χ1) is 8.97. The number of para-hydroxylation sites is 1. The predicted octanol–water partition coefficient (Wildman–Crippen LogP) is 0.893. The van der Waals surface area contributed by atoms with Crippen molar-refractivity contribution in [2.75, 3.05) is 6.61 Å². The van der Waals surface area contributed by atoms with E-state index in [-0.39, 0.29) is 6.42 Å². The number of benzene rings is 1. The molecule has 2 rings (SSSR count). The molecule has 5 nitrogen and oxygen atoms in total. The summed E-state index contributed by atoms with van der Waals surface area (Å²) in [5.74, 6) is -0.499. The number of nitrogens with one attached hydrogen (secondary N) is 1.